The van der Waals surface area contributed by atoms with Crippen LogP contribution in [-0.2, 0) is 0 Å². The largest absolute Gasteiger partial charge is 0.356 e. The van der Waals surface area contributed by atoms with Gasteiger partial charge in [-0.3, -0.25) is 4.79 Å². The van der Waals surface area contributed by atoms with Crippen LogP contribution in [0.1, 0.15) is 34.3 Å². The lowest BCUT2D eigenvalue weighted by Crippen LogP contribution is -2.21. The lowest BCUT2D eigenvalue weighted by molar-refractivity contribution is 0.108. The summed E-state index contributed by atoms with van der Waals surface area (Å²) in [5.41, 5.74) is 3.86. The van der Waals surface area contributed by atoms with Crippen molar-refractivity contribution >= 4 is 33.6 Å². The van der Waals surface area contributed by atoms with Crippen LogP contribution in [0.3, 0.4) is 0 Å². The zero-order chi connectivity index (χ0) is 14.3. The first-order valence-corrected chi connectivity index (χ1v) is 7.31. The van der Waals surface area contributed by atoms with E-state index in [0.717, 1.165) is 48.2 Å². The summed E-state index contributed by atoms with van der Waals surface area (Å²) < 4.78 is 0. The molecule has 0 saturated carbocycles. The van der Waals surface area contributed by atoms with Crippen molar-refractivity contribution in [2.75, 3.05) is 18.0 Å². The van der Waals surface area contributed by atoms with Gasteiger partial charge in [-0.2, -0.15) is 0 Å². The van der Waals surface area contributed by atoms with Crippen molar-refractivity contribution in [3.05, 3.63) is 34.9 Å². The second-order valence-electron chi connectivity index (χ2n) is 5.41. The highest BCUT2D eigenvalue weighted by Gasteiger charge is 2.21. The molecule has 1 aromatic carbocycles. The molecule has 1 saturated heterocycles. The second kappa shape index (κ2) is 5.06. The van der Waals surface area contributed by atoms with Crippen molar-refractivity contribution in [1.82, 2.24) is 4.98 Å². The first kappa shape index (κ1) is 13.4. The van der Waals surface area contributed by atoms with E-state index in [1.807, 2.05) is 12.1 Å². The number of carbonyl (C=O) groups excluding carboxylic acids is 1. The number of hydrogen-bond acceptors (Lipinski definition) is 3. The van der Waals surface area contributed by atoms with Crippen LogP contribution in [0.4, 0.5) is 5.82 Å². The molecule has 1 aliphatic heterocycles. The van der Waals surface area contributed by atoms with Gasteiger partial charge in [-0.15, -0.1) is 0 Å². The van der Waals surface area contributed by atoms with Crippen molar-refractivity contribution in [2.45, 2.75) is 26.7 Å². The molecule has 2 aromatic rings. The van der Waals surface area contributed by atoms with E-state index in [-0.39, 0.29) is 0 Å². The Morgan fingerprint density at radius 3 is 2.60 bits per heavy atom. The molecule has 0 N–H and O–H groups in total. The van der Waals surface area contributed by atoms with E-state index >= 15 is 0 Å². The molecule has 104 valence electrons. The molecule has 1 aromatic heterocycles. The van der Waals surface area contributed by atoms with Crippen molar-refractivity contribution in [3.8, 4) is 0 Å². The monoisotopic (exact) mass is 288 g/mol. The van der Waals surface area contributed by atoms with Gasteiger partial charge in [0.05, 0.1) is 11.1 Å². The van der Waals surface area contributed by atoms with Crippen molar-refractivity contribution in [1.29, 1.82) is 0 Å². The van der Waals surface area contributed by atoms with Crippen LogP contribution in [-0.4, -0.2) is 23.3 Å². The normalized spacial score (nSPS) is 15.1. The van der Waals surface area contributed by atoms with Gasteiger partial charge < -0.3 is 4.90 Å². The maximum absolute atomic E-state index is 11.7. The topological polar surface area (TPSA) is 33.2 Å². The molecule has 3 rings (SSSR count). The van der Waals surface area contributed by atoms with Gasteiger partial charge in [0.2, 0.25) is 0 Å². The molecule has 0 bridgehead atoms. The average molecular weight is 289 g/mol. The molecule has 0 radical (unpaired) electrons. The number of pyridine rings is 1. The number of halogens is 1. The Balaban J connectivity index is 2.27. The smallest absolute Gasteiger partial charge is 0.256 e. The molecule has 1 aliphatic rings. The van der Waals surface area contributed by atoms with Crippen LogP contribution < -0.4 is 4.90 Å². The number of hydrogen-bond donors (Lipinski definition) is 0. The maximum Gasteiger partial charge on any atom is 0.256 e. The first-order valence-electron chi connectivity index (χ1n) is 6.93. The molecule has 0 atom stereocenters. The SMILES string of the molecule is Cc1ccc2cc(C(=O)Cl)c(N3CCCC3)nc2c1C. The molecule has 0 amide bonds. The predicted molar refractivity (Wildman–Crippen MR) is 82.8 cm³/mol. The molecular weight excluding hydrogens is 272 g/mol. The van der Waals surface area contributed by atoms with Crippen molar-refractivity contribution in [3.63, 3.8) is 0 Å². The van der Waals surface area contributed by atoms with Crippen LogP contribution in [0.15, 0.2) is 18.2 Å². The third-order valence-corrected chi connectivity index (χ3v) is 4.31. The highest BCUT2D eigenvalue weighted by molar-refractivity contribution is 6.68. The Morgan fingerprint density at radius 2 is 1.95 bits per heavy atom. The van der Waals surface area contributed by atoms with E-state index in [2.05, 4.69) is 24.8 Å². The van der Waals surface area contributed by atoms with Gasteiger partial charge in [-0.25, -0.2) is 4.98 Å². The molecule has 0 unspecified atom stereocenters. The Labute approximate surface area is 123 Å². The Morgan fingerprint density at radius 1 is 1.25 bits per heavy atom. The van der Waals surface area contributed by atoms with Gasteiger partial charge in [0.25, 0.3) is 5.24 Å². The summed E-state index contributed by atoms with van der Waals surface area (Å²) in [6.45, 7) is 6.04. The number of carbonyl (C=O) groups is 1. The van der Waals surface area contributed by atoms with Gasteiger partial charge in [0.15, 0.2) is 0 Å². The highest BCUT2D eigenvalue weighted by Crippen LogP contribution is 2.29. The van der Waals surface area contributed by atoms with Crippen LogP contribution in [0, 0.1) is 13.8 Å². The number of benzene rings is 1. The molecule has 0 spiro atoms. The standard InChI is InChI=1S/C16H17ClN2O/c1-10-5-6-12-9-13(15(17)20)16(18-14(12)11(10)2)19-7-3-4-8-19/h5-6,9H,3-4,7-8H2,1-2H3. The molecule has 0 aliphatic carbocycles. The number of anilines is 1. The Bertz CT molecular complexity index is 690. The van der Waals surface area contributed by atoms with Crippen molar-refractivity contribution in [2.24, 2.45) is 0 Å². The minimum Gasteiger partial charge on any atom is -0.356 e. The summed E-state index contributed by atoms with van der Waals surface area (Å²) in [6, 6.07) is 5.93. The maximum atomic E-state index is 11.7. The quantitative estimate of drug-likeness (QED) is 0.788. The number of aromatic nitrogens is 1. The van der Waals surface area contributed by atoms with E-state index in [0.29, 0.717) is 5.56 Å². The zero-order valence-corrected chi connectivity index (χ0v) is 12.5. The van der Waals surface area contributed by atoms with Crippen molar-refractivity contribution < 1.29 is 4.79 Å². The predicted octanol–water partition coefficient (Wildman–Crippen LogP) is 3.83. The third kappa shape index (κ3) is 2.16. The fourth-order valence-corrected chi connectivity index (χ4v) is 2.93. The van der Waals surface area contributed by atoms with E-state index in [1.54, 1.807) is 0 Å². The second-order valence-corrected chi connectivity index (χ2v) is 5.75. The van der Waals surface area contributed by atoms with Gasteiger partial charge in [-0.1, -0.05) is 12.1 Å². The summed E-state index contributed by atoms with van der Waals surface area (Å²) in [7, 11) is 0. The number of fused-ring (bicyclic) bond motifs is 1. The van der Waals surface area contributed by atoms with Crippen LogP contribution in [0.5, 0.6) is 0 Å². The summed E-state index contributed by atoms with van der Waals surface area (Å²) in [5, 5.41) is 0.541. The van der Waals surface area contributed by atoms with Gasteiger partial charge in [0, 0.05) is 18.5 Å². The number of nitrogens with zero attached hydrogens (tertiary/aromatic N) is 2. The zero-order valence-electron chi connectivity index (χ0n) is 11.7. The molecule has 1 fully saturated rings. The highest BCUT2D eigenvalue weighted by atomic mass is 35.5. The van der Waals surface area contributed by atoms with Crippen LogP contribution in [0.2, 0.25) is 0 Å². The Hall–Kier alpha value is -1.61. The molecule has 4 heteroatoms. The van der Waals surface area contributed by atoms with Crippen LogP contribution in [0.25, 0.3) is 10.9 Å². The summed E-state index contributed by atoms with van der Waals surface area (Å²) >= 11 is 5.75. The summed E-state index contributed by atoms with van der Waals surface area (Å²) in [4.78, 5) is 18.6. The van der Waals surface area contributed by atoms with E-state index in [4.69, 9.17) is 16.6 Å². The minimum absolute atomic E-state index is 0.431. The average Bonchev–Trinajstić information content (AvgIpc) is 2.96. The third-order valence-electron chi connectivity index (χ3n) is 4.11. The first-order chi connectivity index (χ1) is 9.58. The van der Waals surface area contributed by atoms with Crippen LogP contribution >= 0.6 is 11.6 Å². The molecule has 2 heterocycles. The summed E-state index contributed by atoms with van der Waals surface area (Å²) in [6.07, 6.45) is 2.28. The summed E-state index contributed by atoms with van der Waals surface area (Å²) in [5.74, 6) is 0.740. The number of aryl methyl sites for hydroxylation is 2. The molecular formula is C16H17ClN2O. The lowest BCUT2D eigenvalue weighted by Gasteiger charge is -2.20. The van der Waals surface area contributed by atoms with E-state index in [1.165, 1.54) is 5.56 Å². The Kier molecular flexibility index (Phi) is 3.38. The van der Waals surface area contributed by atoms with E-state index in [9.17, 15) is 4.79 Å². The lowest BCUT2D eigenvalue weighted by atomic mass is 10.0. The van der Waals surface area contributed by atoms with Gasteiger partial charge in [-0.05, 0) is 55.5 Å². The number of rotatable bonds is 2. The minimum atomic E-state index is -0.431. The fraction of sp³-hybridized carbons (Fsp3) is 0.375. The van der Waals surface area contributed by atoms with Gasteiger partial charge in [0.1, 0.15) is 5.82 Å². The van der Waals surface area contributed by atoms with E-state index < -0.39 is 5.24 Å². The molecule has 20 heavy (non-hydrogen) atoms. The fourth-order valence-electron chi connectivity index (χ4n) is 2.79. The molecule has 3 nitrogen and oxygen atoms in total. The van der Waals surface area contributed by atoms with Gasteiger partial charge >= 0.3 is 0 Å².